The molecule has 0 bridgehead atoms. The molecule has 0 aliphatic rings. The van der Waals surface area contributed by atoms with Gasteiger partial charge in [-0.1, -0.05) is 30.3 Å². The maximum absolute atomic E-state index is 10.1. The van der Waals surface area contributed by atoms with Crippen molar-refractivity contribution in [1.29, 1.82) is 0 Å². The minimum absolute atomic E-state index is 0.0358. The third-order valence-corrected chi connectivity index (χ3v) is 3.53. The van der Waals surface area contributed by atoms with Crippen molar-refractivity contribution in [2.24, 2.45) is 0 Å². The Morgan fingerprint density at radius 3 is 2.70 bits per heavy atom. The zero-order valence-corrected chi connectivity index (χ0v) is 12.9. The van der Waals surface area contributed by atoms with E-state index in [1.54, 1.807) is 24.6 Å². The van der Waals surface area contributed by atoms with E-state index in [0.717, 1.165) is 11.4 Å². The summed E-state index contributed by atoms with van der Waals surface area (Å²) in [6.45, 7) is 2.00. The zero-order valence-electron chi connectivity index (χ0n) is 12.9. The van der Waals surface area contributed by atoms with E-state index in [4.69, 9.17) is 4.42 Å². The van der Waals surface area contributed by atoms with Crippen LogP contribution < -0.4 is 5.32 Å². The molecule has 0 amide bonds. The number of benzene rings is 1. The maximum atomic E-state index is 10.1. The van der Waals surface area contributed by atoms with Crippen molar-refractivity contribution < 1.29 is 9.52 Å². The number of furan rings is 1. The van der Waals surface area contributed by atoms with Gasteiger partial charge in [0.25, 0.3) is 0 Å². The molecule has 2 heterocycles. The van der Waals surface area contributed by atoms with Crippen molar-refractivity contribution >= 4 is 5.82 Å². The van der Waals surface area contributed by atoms with Crippen LogP contribution in [-0.4, -0.2) is 21.1 Å². The molecule has 3 rings (SSSR count). The lowest BCUT2D eigenvalue weighted by Crippen LogP contribution is -2.19. The van der Waals surface area contributed by atoms with Crippen LogP contribution in [0.4, 0.5) is 5.82 Å². The summed E-state index contributed by atoms with van der Waals surface area (Å²) >= 11 is 0. The molecule has 1 aromatic carbocycles. The van der Waals surface area contributed by atoms with Crippen LogP contribution in [0.25, 0.3) is 11.4 Å². The van der Waals surface area contributed by atoms with E-state index in [2.05, 4.69) is 15.3 Å². The van der Waals surface area contributed by atoms with E-state index in [1.165, 1.54) is 0 Å². The molecule has 2 atom stereocenters. The lowest BCUT2D eigenvalue weighted by atomic mass is 10.1. The highest BCUT2D eigenvalue weighted by Crippen LogP contribution is 2.21. The Morgan fingerprint density at radius 2 is 1.96 bits per heavy atom. The Labute approximate surface area is 135 Å². The van der Waals surface area contributed by atoms with Crippen LogP contribution in [0.5, 0.6) is 0 Å². The number of hydrogen-bond donors (Lipinski definition) is 2. The van der Waals surface area contributed by atoms with Gasteiger partial charge in [0.1, 0.15) is 17.7 Å². The van der Waals surface area contributed by atoms with Crippen LogP contribution in [-0.2, 0) is 0 Å². The highest BCUT2D eigenvalue weighted by molar-refractivity contribution is 5.56. The van der Waals surface area contributed by atoms with Gasteiger partial charge < -0.3 is 14.8 Å². The van der Waals surface area contributed by atoms with Gasteiger partial charge >= 0.3 is 0 Å². The summed E-state index contributed by atoms with van der Waals surface area (Å²) in [6, 6.07) is 15.2. The fourth-order valence-corrected chi connectivity index (χ4v) is 2.41. The van der Waals surface area contributed by atoms with Gasteiger partial charge in [0, 0.05) is 24.2 Å². The Balaban J connectivity index is 1.66. The molecular weight excluding hydrogens is 290 g/mol. The van der Waals surface area contributed by atoms with Gasteiger partial charge in [-0.15, -0.1) is 0 Å². The predicted octanol–water partition coefficient (Wildman–Crippen LogP) is 3.66. The maximum Gasteiger partial charge on any atom is 0.161 e. The van der Waals surface area contributed by atoms with Crippen molar-refractivity contribution in [3.63, 3.8) is 0 Å². The third kappa shape index (κ3) is 3.96. The smallest absolute Gasteiger partial charge is 0.161 e. The Kier molecular flexibility index (Phi) is 4.68. The number of aliphatic hydroxyl groups excluding tert-OH is 1. The number of anilines is 1. The number of nitrogens with zero attached hydrogens (tertiary/aromatic N) is 2. The van der Waals surface area contributed by atoms with Crippen LogP contribution in [0.2, 0.25) is 0 Å². The van der Waals surface area contributed by atoms with Crippen molar-refractivity contribution in [2.45, 2.75) is 25.5 Å². The van der Waals surface area contributed by atoms with E-state index >= 15 is 0 Å². The molecule has 0 aliphatic heterocycles. The van der Waals surface area contributed by atoms with Crippen LogP contribution in [0.1, 0.15) is 25.2 Å². The quantitative estimate of drug-likeness (QED) is 0.727. The fraction of sp³-hybridized carbons (Fsp3) is 0.222. The first-order valence-electron chi connectivity index (χ1n) is 7.59. The summed E-state index contributed by atoms with van der Waals surface area (Å²) in [5, 5.41) is 13.4. The average molecular weight is 309 g/mol. The van der Waals surface area contributed by atoms with Gasteiger partial charge in [-0.3, -0.25) is 0 Å². The molecule has 5 nitrogen and oxygen atoms in total. The second-order valence-corrected chi connectivity index (χ2v) is 5.44. The lowest BCUT2D eigenvalue weighted by Gasteiger charge is -2.17. The Hall–Kier alpha value is -2.66. The molecule has 0 radical (unpaired) electrons. The van der Waals surface area contributed by atoms with E-state index in [9.17, 15) is 5.11 Å². The van der Waals surface area contributed by atoms with E-state index in [-0.39, 0.29) is 6.04 Å². The van der Waals surface area contributed by atoms with Crippen LogP contribution >= 0.6 is 0 Å². The van der Waals surface area contributed by atoms with E-state index < -0.39 is 6.10 Å². The first kappa shape index (κ1) is 15.2. The first-order chi connectivity index (χ1) is 11.2. The summed E-state index contributed by atoms with van der Waals surface area (Å²) < 4.78 is 5.22. The molecule has 118 valence electrons. The molecule has 2 N–H and O–H groups in total. The normalized spacial score (nSPS) is 13.5. The van der Waals surface area contributed by atoms with Gasteiger partial charge in [-0.25, -0.2) is 9.97 Å². The van der Waals surface area contributed by atoms with E-state index in [0.29, 0.717) is 18.0 Å². The molecule has 3 aromatic rings. The summed E-state index contributed by atoms with van der Waals surface area (Å²) in [5.41, 5.74) is 0.972. The first-order valence-corrected chi connectivity index (χ1v) is 7.59. The molecule has 0 fully saturated rings. The zero-order chi connectivity index (χ0) is 16.1. The molecular formula is C18H19N3O2. The van der Waals surface area contributed by atoms with Crippen molar-refractivity contribution in [2.75, 3.05) is 5.32 Å². The van der Waals surface area contributed by atoms with Crippen LogP contribution in [0.3, 0.4) is 0 Å². The molecule has 2 aromatic heterocycles. The highest BCUT2D eigenvalue weighted by Gasteiger charge is 2.15. The number of nitrogens with one attached hydrogen (secondary N) is 1. The van der Waals surface area contributed by atoms with Crippen molar-refractivity contribution in [1.82, 2.24) is 9.97 Å². The van der Waals surface area contributed by atoms with Gasteiger partial charge in [0.15, 0.2) is 5.82 Å². The standard InChI is InChI=1S/C18H19N3O2/c1-13(12-15(22)16-8-5-11-23-16)20-17-9-10-19-18(21-17)14-6-3-2-4-7-14/h2-11,13,15,22H,12H2,1H3,(H,19,20,21)/t13-,15+/m1/s1. The largest absolute Gasteiger partial charge is 0.467 e. The lowest BCUT2D eigenvalue weighted by molar-refractivity contribution is 0.136. The van der Waals surface area contributed by atoms with Crippen LogP contribution in [0, 0.1) is 0 Å². The van der Waals surface area contributed by atoms with Crippen LogP contribution in [0.15, 0.2) is 65.4 Å². The minimum atomic E-state index is -0.636. The van der Waals surface area contributed by atoms with Gasteiger partial charge in [0.2, 0.25) is 0 Å². The molecule has 0 aliphatic carbocycles. The molecule has 0 saturated heterocycles. The van der Waals surface area contributed by atoms with Crippen molar-refractivity contribution in [3.8, 4) is 11.4 Å². The van der Waals surface area contributed by atoms with Gasteiger partial charge in [0.05, 0.1) is 6.26 Å². The summed E-state index contributed by atoms with van der Waals surface area (Å²) in [7, 11) is 0. The second-order valence-electron chi connectivity index (χ2n) is 5.44. The molecule has 0 unspecified atom stereocenters. The van der Waals surface area contributed by atoms with Gasteiger partial charge in [-0.2, -0.15) is 0 Å². The number of aromatic nitrogens is 2. The fourth-order valence-electron chi connectivity index (χ4n) is 2.41. The highest BCUT2D eigenvalue weighted by atomic mass is 16.4. The predicted molar refractivity (Wildman–Crippen MR) is 88.8 cm³/mol. The third-order valence-electron chi connectivity index (χ3n) is 3.53. The van der Waals surface area contributed by atoms with Gasteiger partial charge in [-0.05, 0) is 25.1 Å². The Morgan fingerprint density at radius 1 is 1.13 bits per heavy atom. The monoisotopic (exact) mass is 309 g/mol. The summed E-state index contributed by atoms with van der Waals surface area (Å²) in [6.07, 6.45) is 3.18. The Bertz CT molecular complexity index is 729. The summed E-state index contributed by atoms with van der Waals surface area (Å²) in [5.74, 6) is 1.98. The topological polar surface area (TPSA) is 71.2 Å². The molecule has 23 heavy (non-hydrogen) atoms. The minimum Gasteiger partial charge on any atom is -0.467 e. The molecule has 0 spiro atoms. The number of aliphatic hydroxyl groups is 1. The SMILES string of the molecule is C[C@H](C[C@H](O)c1ccco1)Nc1ccnc(-c2ccccc2)n1. The number of rotatable bonds is 6. The van der Waals surface area contributed by atoms with Crippen molar-refractivity contribution in [3.05, 3.63) is 66.8 Å². The second kappa shape index (κ2) is 7.07. The number of hydrogen-bond acceptors (Lipinski definition) is 5. The molecule has 5 heteroatoms. The summed E-state index contributed by atoms with van der Waals surface area (Å²) in [4.78, 5) is 8.83. The molecule has 0 saturated carbocycles. The van der Waals surface area contributed by atoms with E-state index in [1.807, 2.05) is 43.3 Å². The average Bonchev–Trinajstić information content (AvgIpc) is 3.10.